The van der Waals surface area contributed by atoms with Crippen LogP contribution >= 0.6 is 11.6 Å². The molecule has 26 heavy (non-hydrogen) atoms. The first-order chi connectivity index (χ1) is 12.4. The van der Waals surface area contributed by atoms with Crippen LogP contribution in [0.15, 0.2) is 33.9 Å². The molecule has 0 fully saturated rings. The SMILES string of the molecule is CN=C(NO)c1[nH]c(Cl)c(-c2ccc(O)cc2F)c1-c1c(C)coc1C. The third-order valence-electron chi connectivity index (χ3n) is 4.15. The lowest BCUT2D eigenvalue weighted by molar-refractivity contribution is 0.234. The molecule has 0 bridgehead atoms. The fourth-order valence-electron chi connectivity index (χ4n) is 3.02. The van der Waals surface area contributed by atoms with E-state index < -0.39 is 5.82 Å². The van der Waals surface area contributed by atoms with Crippen molar-refractivity contribution in [3.63, 3.8) is 0 Å². The van der Waals surface area contributed by atoms with Crippen molar-refractivity contribution in [1.82, 2.24) is 10.5 Å². The van der Waals surface area contributed by atoms with Gasteiger partial charge in [0.25, 0.3) is 0 Å². The number of hydrogen-bond donors (Lipinski definition) is 4. The van der Waals surface area contributed by atoms with E-state index in [1.165, 1.54) is 19.2 Å². The number of amidine groups is 1. The molecule has 2 heterocycles. The normalized spacial score (nSPS) is 11.8. The number of phenols is 1. The van der Waals surface area contributed by atoms with Crippen molar-refractivity contribution in [1.29, 1.82) is 0 Å². The molecule has 0 amide bonds. The summed E-state index contributed by atoms with van der Waals surface area (Å²) in [4.78, 5) is 6.93. The van der Waals surface area contributed by atoms with E-state index in [1.807, 2.05) is 12.4 Å². The number of aromatic amines is 1. The van der Waals surface area contributed by atoms with Crippen LogP contribution in [0.5, 0.6) is 5.75 Å². The van der Waals surface area contributed by atoms with Crippen molar-refractivity contribution in [2.24, 2.45) is 4.99 Å². The molecule has 0 saturated heterocycles. The summed E-state index contributed by atoms with van der Waals surface area (Å²) < 4.78 is 20.0. The predicted octanol–water partition coefficient (Wildman–Crippen LogP) is 4.41. The number of aromatic hydroxyl groups is 1. The zero-order chi connectivity index (χ0) is 19.0. The molecule has 0 unspecified atom stereocenters. The molecule has 2 aromatic heterocycles. The maximum Gasteiger partial charge on any atom is 0.169 e. The molecule has 0 radical (unpaired) electrons. The number of H-pyrrole nitrogens is 1. The topological polar surface area (TPSA) is 93.8 Å². The summed E-state index contributed by atoms with van der Waals surface area (Å²) in [7, 11) is 1.49. The quantitative estimate of drug-likeness (QED) is 0.309. The summed E-state index contributed by atoms with van der Waals surface area (Å²) in [6.45, 7) is 3.63. The van der Waals surface area contributed by atoms with Gasteiger partial charge in [-0.2, -0.15) is 0 Å². The van der Waals surface area contributed by atoms with Crippen molar-refractivity contribution in [3.8, 4) is 28.0 Å². The standard InChI is InChI=1S/C18H17ClFN3O3/c1-8-7-26-9(2)13(8)15-14(11-5-4-10(24)6-12(11)20)17(19)22-16(15)18(21-3)23-25/h4-7,22,24-25H,1-3H3,(H,21,23). The zero-order valence-corrected chi connectivity index (χ0v) is 15.1. The molecule has 0 saturated carbocycles. The van der Waals surface area contributed by atoms with Crippen LogP contribution in [0, 0.1) is 19.7 Å². The van der Waals surface area contributed by atoms with Crippen LogP contribution in [0.4, 0.5) is 4.39 Å². The maximum atomic E-state index is 14.6. The largest absolute Gasteiger partial charge is 0.508 e. The van der Waals surface area contributed by atoms with Crippen LogP contribution in [-0.4, -0.2) is 28.2 Å². The van der Waals surface area contributed by atoms with Crippen molar-refractivity contribution in [2.45, 2.75) is 13.8 Å². The molecule has 3 aromatic rings. The number of phenolic OH excluding ortho intramolecular Hbond substituents is 1. The first-order valence-corrected chi connectivity index (χ1v) is 8.09. The van der Waals surface area contributed by atoms with Gasteiger partial charge in [-0.25, -0.2) is 4.39 Å². The molecular weight excluding hydrogens is 361 g/mol. The number of aromatic nitrogens is 1. The molecule has 0 aliphatic carbocycles. The molecule has 0 spiro atoms. The van der Waals surface area contributed by atoms with Crippen molar-refractivity contribution < 1.29 is 19.1 Å². The summed E-state index contributed by atoms with van der Waals surface area (Å²) in [6, 6.07) is 3.82. The van der Waals surface area contributed by atoms with Crippen LogP contribution in [0.2, 0.25) is 5.15 Å². The summed E-state index contributed by atoms with van der Waals surface area (Å²) in [5.41, 5.74) is 5.03. The minimum atomic E-state index is -0.635. The third kappa shape index (κ3) is 2.85. The highest BCUT2D eigenvalue weighted by atomic mass is 35.5. The molecule has 3 rings (SSSR count). The van der Waals surface area contributed by atoms with Gasteiger partial charge in [-0.1, -0.05) is 11.6 Å². The van der Waals surface area contributed by atoms with E-state index in [-0.39, 0.29) is 22.3 Å². The van der Waals surface area contributed by atoms with Gasteiger partial charge < -0.3 is 14.5 Å². The van der Waals surface area contributed by atoms with E-state index in [4.69, 9.17) is 16.0 Å². The molecule has 6 nitrogen and oxygen atoms in total. The van der Waals surface area contributed by atoms with E-state index in [1.54, 1.807) is 13.2 Å². The van der Waals surface area contributed by atoms with Gasteiger partial charge in [0.1, 0.15) is 22.5 Å². The van der Waals surface area contributed by atoms with E-state index in [9.17, 15) is 14.7 Å². The van der Waals surface area contributed by atoms with Crippen molar-refractivity contribution >= 4 is 17.4 Å². The molecule has 0 aliphatic rings. The molecule has 0 aliphatic heterocycles. The lowest BCUT2D eigenvalue weighted by Gasteiger charge is -2.10. The predicted molar refractivity (Wildman–Crippen MR) is 97.4 cm³/mol. The van der Waals surface area contributed by atoms with Crippen molar-refractivity contribution in [2.75, 3.05) is 7.05 Å². The number of benzene rings is 1. The molecule has 136 valence electrons. The third-order valence-corrected chi connectivity index (χ3v) is 4.43. The van der Waals surface area contributed by atoms with E-state index >= 15 is 0 Å². The zero-order valence-electron chi connectivity index (χ0n) is 14.3. The lowest BCUT2D eigenvalue weighted by atomic mass is 9.94. The van der Waals surface area contributed by atoms with Gasteiger partial charge in [0.2, 0.25) is 0 Å². The fraction of sp³-hybridized carbons (Fsp3) is 0.167. The number of rotatable bonds is 3. The number of nitrogens with one attached hydrogen (secondary N) is 2. The minimum Gasteiger partial charge on any atom is -0.508 e. The van der Waals surface area contributed by atoms with Crippen LogP contribution in [0.1, 0.15) is 17.0 Å². The Bertz CT molecular complexity index is 988. The summed E-state index contributed by atoms with van der Waals surface area (Å²) in [5.74, 6) is -0.0896. The second-order valence-corrected chi connectivity index (χ2v) is 6.14. The number of aliphatic imine (C=N–C) groups is 1. The summed E-state index contributed by atoms with van der Waals surface area (Å²) in [5, 5.41) is 19.1. The summed E-state index contributed by atoms with van der Waals surface area (Å²) in [6.07, 6.45) is 1.58. The average Bonchev–Trinajstić information content (AvgIpc) is 3.08. The Hall–Kier alpha value is -2.77. The van der Waals surface area contributed by atoms with Gasteiger partial charge in [0, 0.05) is 35.4 Å². The Balaban J connectivity index is 2.42. The average molecular weight is 378 g/mol. The van der Waals surface area contributed by atoms with Gasteiger partial charge in [0.05, 0.1) is 12.0 Å². The van der Waals surface area contributed by atoms with E-state index in [0.717, 1.165) is 11.6 Å². The molecule has 0 atom stereocenters. The van der Waals surface area contributed by atoms with Gasteiger partial charge in [-0.3, -0.25) is 15.7 Å². The Morgan fingerprint density at radius 3 is 2.54 bits per heavy atom. The molecule has 8 heteroatoms. The Labute approximate surface area is 153 Å². The molecular formula is C18H17ClFN3O3. The number of furan rings is 1. The van der Waals surface area contributed by atoms with Gasteiger partial charge in [-0.15, -0.1) is 0 Å². The minimum absolute atomic E-state index is 0.132. The van der Waals surface area contributed by atoms with Crippen LogP contribution in [-0.2, 0) is 0 Å². The van der Waals surface area contributed by atoms with Crippen LogP contribution in [0.25, 0.3) is 22.3 Å². The second-order valence-electron chi connectivity index (χ2n) is 5.76. The number of nitrogens with zero attached hydrogens (tertiary/aromatic N) is 1. The second kappa shape index (κ2) is 6.86. The first-order valence-electron chi connectivity index (χ1n) is 7.71. The number of aryl methyl sites for hydroxylation is 2. The van der Waals surface area contributed by atoms with E-state index in [0.29, 0.717) is 28.1 Å². The monoisotopic (exact) mass is 377 g/mol. The Morgan fingerprint density at radius 2 is 2.00 bits per heavy atom. The molecule has 4 N–H and O–H groups in total. The van der Waals surface area contributed by atoms with Gasteiger partial charge in [-0.05, 0) is 31.5 Å². The van der Waals surface area contributed by atoms with E-state index in [2.05, 4.69) is 9.98 Å². The van der Waals surface area contributed by atoms with Gasteiger partial charge >= 0.3 is 0 Å². The highest BCUT2D eigenvalue weighted by Gasteiger charge is 2.27. The number of halogens is 2. The Kier molecular flexibility index (Phi) is 4.76. The van der Waals surface area contributed by atoms with Crippen LogP contribution in [0.3, 0.4) is 0 Å². The molecule has 1 aromatic carbocycles. The smallest absolute Gasteiger partial charge is 0.169 e. The summed E-state index contributed by atoms with van der Waals surface area (Å²) >= 11 is 6.40. The lowest BCUT2D eigenvalue weighted by Crippen LogP contribution is -2.21. The van der Waals surface area contributed by atoms with Crippen molar-refractivity contribution in [3.05, 3.63) is 52.5 Å². The van der Waals surface area contributed by atoms with Crippen LogP contribution < -0.4 is 5.48 Å². The fourth-order valence-corrected chi connectivity index (χ4v) is 3.31. The maximum absolute atomic E-state index is 14.6. The number of hydrogen-bond acceptors (Lipinski definition) is 4. The highest BCUT2D eigenvalue weighted by molar-refractivity contribution is 6.34. The number of hydroxylamine groups is 1. The Morgan fingerprint density at radius 1 is 1.27 bits per heavy atom. The first kappa shape index (κ1) is 18.0. The van der Waals surface area contributed by atoms with Gasteiger partial charge in [0.15, 0.2) is 5.84 Å². The highest BCUT2D eigenvalue weighted by Crippen LogP contribution is 2.44.